The zero-order chi connectivity index (χ0) is 14.9. The quantitative estimate of drug-likeness (QED) is 0.811. The van der Waals surface area contributed by atoms with E-state index in [9.17, 15) is 13.2 Å². The highest BCUT2D eigenvalue weighted by molar-refractivity contribution is 9.10. The molecule has 0 aliphatic heterocycles. The fourth-order valence-electron chi connectivity index (χ4n) is 1.53. The Bertz CT molecular complexity index is 644. The molecule has 0 amide bonds. The minimum atomic E-state index is -4.55. The molecule has 0 aliphatic rings. The lowest BCUT2D eigenvalue weighted by atomic mass is 10.2. The smallest absolute Gasteiger partial charge is 0.421 e. The molecule has 0 aliphatic carbocycles. The van der Waals surface area contributed by atoms with Crippen LogP contribution in [0.2, 0.25) is 0 Å². The first-order valence-electron chi connectivity index (χ1n) is 5.54. The lowest BCUT2D eigenvalue weighted by Gasteiger charge is -2.13. The van der Waals surface area contributed by atoms with Gasteiger partial charge in [0.2, 0.25) is 5.88 Å². The second kappa shape index (κ2) is 5.32. The fraction of sp³-hybridized carbons (Fsp3) is 0.154. The first-order chi connectivity index (χ1) is 9.27. The van der Waals surface area contributed by atoms with E-state index in [2.05, 4.69) is 20.9 Å². The summed E-state index contributed by atoms with van der Waals surface area (Å²) >= 11 is 2.96. The van der Waals surface area contributed by atoms with Gasteiger partial charge in [-0.25, -0.2) is 4.98 Å². The van der Waals surface area contributed by atoms with Crippen molar-refractivity contribution in [3.05, 3.63) is 46.1 Å². The lowest BCUT2D eigenvalue weighted by molar-refractivity contribution is -0.138. The van der Waals surface area contributed by atoms with Gasteiger partial charge in [-0.05, 0) is 52.7 Å². The number of ether oxygens (including phenoxy) is 1. The summed E-state index contributed by atoms with van der Waals surface area (Å²) in [5.74, 6) is -0.248. The number of hydrogen-bond donors (Lipinski definition) is 1. The van der Waals surface area contributed by atoms with Crippen molar-refractivity contribution in [2.75, 3.05) is 5.73 Å². The lowest BCUT2D eigenvalue weighted by Crippen LogP contribution is -2.08. The van der Waals surface area contributed by atoms with E-state index in [1.165, 1.54) is 12.3 Å². The molecule has 0 unspecified atom stereocenters. The standard InChI is InChI=1S/C13H10BrF3N2O/c1-7-4-9(2-3-11(7)18)20-12-10(13(15,16)17)5-8(14)6-19-12/h2-6H,18H2,1H3. The number of nitrogen functional groups attached to an aromatic ring is 1. The normalized spacial score (nSPS) is 11.4. The van der Waals surface area contributed by atoms with E-state index in [1.807, 2.05) is 0 Å². The Kier molecular flexibility index (Phi) is 3.89. The summed E-state index contributed by atoms with van der Waals surface area (Å²) in [6.07, 6.45) is -3.30. The predicted octanol–water partition coefficient (Wildman–Crippen LogP) is 4.55. The van der Waals surface area contributed by atoms with Gasteiger partial charge in [0.1, 0.15) is 11.3 Å². The van der Waals surface area contributed by atoms with Crippen LogP contribution >= 0.6 is 15.9 Å². The summed E-state index contributed by atoms with van der Waals surface area (Å²) in [7, 11) is 0. The third kappa shape index (κ3) is 3.22. The Balaban J connectivity index is 2.40. The van der Waals surface area contributed by atoms with Crippen LogP contribution in [0.3, 0.4) is 0 Å². The number of nitrogens with zero attached hydrogens (tertiary/aromatic N) is 1. The molecule has 1 aromatic heterocycles. The first-order valence-corrected chi connectivity index (χ1v) is 6.33. The van der Waals surface area contributed by atoms with Crippen molar-refractivity contribution in [2.45, 2.75) is 13.1 Å². The summed E-state index contributed by atoms with van der Waals surface area (Å²) in [4.78, 5) is 3.67. The number of nitrogens with two attached hydrogens (primary N) is 1. The third-order valence-corrected chi connectivity index (χ3v) is 3.01. The van der Waals surface area contributed by atoms with Gasteiger partial charge in [0.05, 0.1) is 0 Å². The highest BCUT2D eigenvalue weighted by Gasteiger charge is 2.35. The molecular weight excluding hydrogens is 337 g/mol. The molecule has 7 heteroatoms. The molecule has 2 rings (SSSR count). The first kappa shape index (κ1) is 14.6. The summed E-state index contributed by atoms with van der Waals surface area (Å²) in [6, 6.07) is 5.54. The number of halogens is 4. The summed E-state index contributed by atoms with van der Waals surface area (Å²) in [5, 5.41) is 0. The average molecular weight is 347 g/mol. The topological polar surface area (TPSA) is 48.1 Å². The van der Waals surface area contributed by atoms with E-state index in [4.69, 9.17) is 10.5 Å². The summed E-state index contributed by atoms with van der Waals surface area (Å²) < 4.78 is 44.2. The van der Waals surface area contributed by atoms with Gasteiger partial charge in [0.15, 0.2) is 0 Å². The highest BCUT2D eigenvalue weighted by atomic mass is 79.9. The van der Waals surface area contributed by atoms with E-state index >= 15 is 0 Å². The van der Waals surface area contributed by atoms with Gasteiger partial charge in [0, 0.05) is 16.4 Å². The maximum absolute atomic E-state index is 12.9. The van der Waals surface area contributed by atoms with Gasteiger partial charge in [0.25, 0.3) is 0 Å². The van der Waals surface area contributed by atoms with Crippen molar-refractivity contribution in [2.24, 2.45) is 0 Å². The molecule has 3 nitrogen and oxygen atoms in total. The zero-order valence-electron chi connectivity index (χ0n) is 10.3. The molecule has 0 saturated carbocycles. The highest BCUT2D eigenvalue weighted by Crippen LogP contribution is 2.38. The maximum atomic E-state index is 12.9. The van der Waals surface area contributed by atoms with Crippen molar-refractivity contribution in [1.82, 2.24) is 4.98 Å². The molecule has 1 aromatic carbocycles. The Hall–Kier alpha value is -1.76. The SMILES string of the molecule is Cc1cc(Oc2ncc(Br)cc2C(F)(F)F)ccc1N. The Morgan fingerprint density at radius 1 is 1.25 bits per heavy atom. The molecule has 1 heterocycles. The molecule has 0 spiro atoms. The van der Waals surface area contributed by atoms with Crippen LogP contribution in [0.5, 0.6) is 11.6 Å². The molecular formula is C13H10BrF3N2O. The number of aryl methyl sites for hydroxylation is 1. The Morgan fingerprint density at radius 2 is 1.95 bits per heavy atom. The molecule has 0 atom stereocenters. The predicted molar refractivity (Wildman–Crippen MR) is 72.6 cm³/mol. The third-order valence-electron chi connectivity index (χ3n) is 2.58. The summed E-state index contributed by atoms with van der Waals surface area (Å²) in [6.45, 7) is 1.74. The molecule has 0 fully saturated rings. The van der Waals surface area contributed by atoms with Crippen molar-refractivity contribution < 1.29 is 17.9 Å². The minimum Gasteiger partial charge on any atom is -0.438 e. The number of aromatic nitrogens is 1. The number of alkyl halides is 3. The van der Waals surface area contributed by atoms with Crippen LogP contribution < -0.4 is 10.5 Å². The second-order valence-electron chi connectivity index (χ2n) is 4.12. The van der Waals surface area contributed by atoms with Crippen LogP contribution in [0.15, 0.2) is 34.9 Å². The van der Waals surface area contributed by atoms with Gasteiger partial charge < -0.3 is 10.5 Å². The summed E-state index contributed by atoms with van der Waals surface area (Å²) in [5.41, 5.74) is 5.96. The van der Waals surface area contributed by atoms with Gasteiger partial charge >= 0.3 is 6.18 Å². The van der Waals surface area contributed by atoms with E-state index in [0.717, 1.165) is 6.07 Å². The fourth-order valence-corrected chi connectivity index (χ4v) is 1.87. The molecule has 106 valence electrons. The number of hydrogen-bond acceptors (Lipinski definition) is 3. The monoisotopic (exact) mass is 346 g/mol. The van der Waals surface area contributed by atoms with Gasteiger partial charge in [-0.1, -0.05) is 0 Å². The molecule has 0 radical (unpaired) electrons. The number of pyridine rings is 1. The van der Waals surface area contributed by atoms with Crippen LogP contribution in [0, 0.1) is 6.92 Å². The second-order valence-corrected chi connectivity index (χ2v) is 5.04. The van der Waals surface area contributed by atoms with Crippen LogP contribution in [0.25, 0.3) is 0 Å². The molecule has 2 N–H and O–H groups in total. The van der Waals surface area contributed by atoms with Crippen LogP contribution in [-0.4, -0.2) is 4.98 Å². The van der Waals surface area contributed by atoms with Gasteiger partial charge in [-0.15, -0.1) is 0 Å². The largest absolute Gasteiger partial charge is 0.438 e. The van der Waals surface area contributed by atoms with Crippen molar-refractivity contribution in [3.63, 3.8) is 0 Å². The van der Waals surface area contributed by atoms with E-state index < -0.39 is 17.6 Å². The van der Waals surface area contributed by atoms with Crippen LogP contribution in [-0.2, 0) is 6.18 Å². The number of benzene rings is 1. The van der Waals surface area contributed by atoms with Gasteiger partial charge in [-0.3, -0.25) is 0 Å². The zero-order valence-corrected chi connectivity index (χ0v) is 11.9. The van der Waals surface area contributed by atoms with Crippen molar-refractivity contribution in [3.8, 4) is 11.6 Å². The van der Waals surface area contributed by atoms with Crippen molar-refractivity contribution in [1.29, 1.82) is 0 Å². The Labute approximate surface area is 121 Å². The number of anilines is 1. The minimum absolute atomic E-state index is 0.227. The van der Waals surface area contributed by atoms with Crippen LogP contribution in [0.4, 0.5) is 18.9 Å². The van der Waals surface area contributed by atoms with E-state index in [0.29, 0.717) is 11.3 Å². The van der Waals surface area contributed by atoms with Crippen LogP contribution in [0.1, 0.15) is 11.1 Å². The molecule has 20 heavy (non-hydrogen) atoms. The molecule has 0 saturated heterocycles. The average Bonchev–Trinajstić information content (AvgIpc) is 2.35. The van der Waals surface area contributed by atoms with E-state index in [1.54, 1.807) is 19.1 Å². The maximum Gasteiger partial charge on any atom is 0.421 e. The van der Waals surface area contributed by atoms with Crippen molar-refractivity contribution >= 4 is 21.6 Å². The van der Waals surface area contributed by atoms with E-state index in [-0.39, 0.29) is 10.2 Å². The molecule has 0 bridgehead atoms. The van der Waals surface area contributed by atoms with Gasteiger partial charge in [-0.2, -0.15) is 13.2 Å². The number of rotatable bonds is 2. The Morgan fingerprint density at radius 3 is 2.55 bits per heavy atom. The molecule has 2 aromatic rings.